The number of benzene rings is 1. The van der Waals surface area contributed by atoms with Gasteiger partial charge in [-0.3, -0.25) is 9.59 Å². The molecule has 1 atom stereocenters. The van der Waals surface area contributed by atoms with Gasteiger partial charge in [-0.05, 0) is 31.9 Å². The highest BCUT2D eigenvalue weighted by molar-refractivity contribution is 6.04. The molecule has 1 aliphatic heterocycles. The monoisotopic (exact) mass is 306 g/mol. The first-order chi connectivity index (χ1) is 10.7. The van der Waals surface area contributed by atoms with Gasteiger partial charge < -0.3 is 20.1 Å². The number of anilines is 1. The van der Waals surface area contributed by atoms with E-state index in [0.29, 0.717) is 24.6 Å². The summed E-state index contributed by atoms with van der Waals surface area (Å²) < 4.78 is 10.8. The molecule has 120 valence electrons. The molecule has 0 aliphatic carbocycles. The minimum absolute atomic E-state index is 0.0747. The van der Waals surface area contributed by atoms with E-state index >= 15 is 0 Å². The van der Waals surface area contributed by atoms with Crippen LogP contribution in [-0.4, -0.2) is 37.7 Å². The van der Waals surface area contributed by atoms with Crippen LogP contribution in [-0.2, 0) is 14.3 Å². The summed E-state index contributed by atoms with van der Waals surface area (Å²) in [7, 11) is 0. The predicted molar refractivity (Wildman–Crippen MR) is 82.8 cm³/mol. The van der Waals surface area contributed by atoms with Gasteiger partial charge in [0, 0.05) is 13.2 Å². The Bertz CT molecular complexity index is 513. The molecule has 1 aliphatic rings. The number of para-hydroxylation sites is 2. The quantitative estimate of drug-likeness (QED) is 0.752. The SMILES string of the molecule is CCOc1ccccc1NC(=O)CC(=O)NCC1CCCO1. The molecule has 0 saturated carbocycles. The van der Waals surface area contributed by atoms with Gasteiger partial charge in [-0.2, -0.15) is 0 Å². The molecule has 6 heteroatoms. The maximum absolute atomic E-state index is 11.9. The summed E-state index contributed by atoms with van der Waals surface area (Å²) in [5.74, 6) is -0.0722. The average molecular weight is 306 g/mol. The second kappa shape index (κ2) is 8.38. The molecule has 0 spiro atoms. The van der Waals surface area contributed by atoms with Gasteiger partial charge in [0.05, 0.1) is 18.4 Å². The minimum atomic E-state index is -0.364. The van der Waals surface area contributed by atoms with Crippen LogP contribution in [0.4, 0.5) is 5.69 Å². The van der Waals surface area contributed by atoms with E-state index in [-0.39, 0.29) is 24.3 Å². The molecule has 1 heterocycles. The van der Waals surface area contributed by atoms with E-state index in [9.17, 15) is 9.59 Å². The Morgan fingerprint density at radius 2 is 2.14 bits per heavy atom. The molecule has 1 aromatic rings. The number of rotatable bonds is 7. The second-order valence-corrected chi connectivity index (χ2v) is 5.09. The Balaban J connectivity index is 1.78. The van der Waals surface area contributed by atoms with Crippen molar-refractivity contribution in [3.8, 4) is 5.75 Å². The number of nitrogens with one attached hydrogen (secondary N) is 2. The van der Waals surface area contributed by atoms with Crippen LogP contribution >= 0.6 is 0 Å². The van der Waals surface area contributed by atoms with Gasteiger partial charge in [-0.25, -0.2) is 0 Å². The predicted octanol–water partition coefficient (Wildman–Crippen LogP) is 1.71. The van der Waals surface area contributed by atoms with Crippen LogP contribution in [0.2, 0.25) is 0 Å². The Kier molecular flexibility index (Phi) is 6.21. The first-order valence-electron chi connectivity index (χ1n) is 7.59. The molecule has 0 radical (unpaired) electrons. The van der Waals surface area contributed by atoms with E-state index in [2.05, 4.69) is 10.6 Å². The van der Waals surface area contributed by atoms with E-state index in [1.165, 1.54) is 0 Å². The van der Waals surface area contributed by atoms with E-state index in [1.54, 1.807) is 18.2 Å². The van der Waals surface area contributed by atoms with Crippen molar-refractivity contribution in [1.82, 2.24) is 5.32 Å². The lowest BCUT2D eigenvalue weighted by atomic mass is 10.2. The number of carbonyl (C=O) groups excluding carboxylic acids is 2. The lowest BCUT2D eigenvalue weighted by Gasteiger charge is -2.12. The van der Waals surface area contributed by atoms with Gasteiger partial charge in [0.25, 0.3) is 0 Å². The van der Waals surface area contributed by atoms with Gasteiger partial charge in [0.1, 0.15) is 12.2 Å². The van der Waals surface area contributed by atoms with Gasteiger partial charge in [-0.1, -0.05) is 12.1 Å². The third-order valence-electron chi connectivity index (χ3n) is 3.33. The number of hydrogen-bond acceptors (Lipinski definition) is 4. The second-order valence-electron chi connectivity index (χ2n) is 5.09. The minimum Gasteiger partial charge on any atom is -0.492 e. The zero-order valence-corrected chi connectivity index (χ0v) is 12.8. The van der Waals surface area contributed by atoms with Crippen molar-refractivity contribution in [3.05, 3.63) is 24.3 Å². The van der Waals surface area contributed by atoms with E-state index in [1.807, 2.05) is 13.0 Å². The number of amides is 2. The molecular weight excluding hydrogens is 284 g/mol. The molecule has 0 bridgehead atoms. The maximum Gasteiger partial charge on any atom is 0.233 e. The molecule has 0 aromatic heterocycles. The van der Waals surface area contributed by atoms with Gasteiger partial charge in [-0.15, -0.1) is 0 Å². The fourth-order valence-electron chi connectivity index (χ4n) is 2.29. The topological polar surface area (TPSA) is 76.7 Å². The smallest absolute Gasteiger partial charge is 0.233 e. The third-order valence-corrected chi connectivity index (χ3v) is 3.33. The lowest BCUT2D eigenvalue weighted by molar-refractivity contribution is -0.127. The standard InChI is InChI=1S/C16H22N2O4/c1-2-21-14-8-4-3-7-13(14)18-16(20)10-15(19)17-11-12-6-5-9-22-12/h3-4,7-8,12H,2,5-6,9-11H2,1H3,(H,17,19)(H,18,20). The van der Waals surface area contributed by atoms with Crippen molar-refractivity contribution >= 4 is 17.5 Å². The fraction of sp³-hybridized carbons (Fsp3) is 0.500. The highest BCUT2D eigenvalue weighted by Gasteiger charge is 2.17. The van der Waals surface area contributed by atoms with Crippen molar-refractivity contribution in [2.24, 2.45) is 0 Å². The van der Waals surface area contributed by atoms with Crippen LogP contribution in [0.5, 0.6) is 5.75 Å². The molecule has 6 nitrogen and oxygen atoms in total. The summed E-state index contributed by atoms with van der Waals surface area (Å²) in [5.41, 5.74) is 0.571. The van der Waals surface area contributed by atoms with E-state index in [4.69, 9.17) is 9.47 Å². The molecule has 2 N–H and O–H groups in total. The van der Waals surface area contributed by atoms with E-state index < -0.39 is 0 Å². The summed E-state index contributed by atoms with van der Waals surface area (Å²) in [6.07, 6.45) is 1.84. The Labute approximate surface area is 130 Å². The molecule has 1 fully saturated rings. The summed E-state index contributed by atoms with van der Waals surface area (Å²) >= 11 is 0. The summed E-state index contributed by atoms with van der Waals surface area (Å²) in [5, 5.41) is 5.42. The third kappa shape index (κ3) is 5.04. The fourth-order valence-corrected chi connectivity index (χ4v) is 2.29. The molecule has 2 amide bonds. The molecule has 1 aromatic carbocycles. The molecule has 22 heavy (non-hydrogen) atoms. The lowest BCUT2D eigenvalue weighted by Crippen LogP contribution is -2.34. The molecule has 1 saturated heterocycles. The van der Waals surface area contributed by atoms with Crippen molar-refractivity contribution in [3.63, 3.8) is 0 Å². The maximum atomic E-state index is 11.9. The number of hydrogen-bond donors (Lipinski definition) is 2. The number of ether oxygens (including phenoxy) is 2. The molecule has 1 unspecified atom stereocenters. The van der Waals surface area contributed by atoms with Crippen LogP contribution in [0.1, 0.15) is 26.2 Å². The Morgan fingerprint density at radius 3 is 2.86 bits per heavy atom. The zero-order valence-electron chi connectivity index (χ0n) is 12.8. The summed E-state index contributed by atoms with van der Waals surface area (Å²) in [4.78, 5) is 23.7. The Morgan fingerprint density at radius 1 is 1.32 bits per heavy atom. The highest BCUT2D eigenvalue weighted by Crippen LogP contribution is 2.23. The Hall–Kier alpha value is -2.08. The van der Waals surface area contributed by atoms with Crippen molar-refractivity contribution in [2.75, 3.05) is 25.1 Å². The van der Waals surface area contributed by atoms with Crippen LogP contribution in [0.25, 0.3) is 0 Å². The molecule has 2 rings (SSSR count). The zero-order chi connectivity index (χ0) is 15.8. The van der Waals surface area contributed by atoms with Crippen LogP contribution in [0.15, 0.2) is 24.3 Å². The number of carbonyl (C=O) groups is 2. The summed E-state index contributed by atoms with van der Waals surface area (Å²) in [6, 6.07) is 7.15. The first-order valence-corrected chi connectivity index (χ1v) is 7.59. The summed E-state index contributed by atoms with van der Waals surface area (Å²) in [6.45, 7) is 3.59. The van der Waals surface area contributed by atoms with E-state index in [0.717, 1.165) is 19.4 Å². The van der Waals surface area contributed by atoms with Crippen LogP contribution in [0.3, 0.4) is 0 Å². The van der Waals surface area contributed by atoms with Gasteiger partial charge >= 0.3 is 0 Å². The highest BCUT2D eigenvalue weighted by atomic mass is 16.5. The van der Waals surface area contributed by atoms with Crippen molar-refractivity contribution < 1.29 is 19.1 Å². The van der Waals surface area contributed by atoms with Gasteiger partial charge in [0.2, 0.25) is 11.8 Å². The van der Waals surface area contributed by atoms with Crippen LogP contribution in [0, 0.1) is 0 Å². The normalized spacial score (nSPS) is 17.0. The van der Waals surface area contributed by atoms with Crippen molar-refractivity contribution in [1.29, 1.82) is 0 Å². The molecular formula is C16H22N2O4. The largest absolute Gasteiger partial charge is 0.492 e. The van der Waals surface area contributed by atoms with Crippen LogP contribution < -0.4 is 15.4 Å². The van der Waals surface area contributed by atoms with Crippen molar-refractivity contribution in [2.45, 2.75) is 32.3 Å². The first kappa shape index (κ1) is 16.3. The average Bonchev–Trinajstić information content (AvgIpc) is 3.01. The van der Waals surface area contributed by atoms with Gasteiger partial charge in [0.15, 0.2) is 0 Å².